The molecule has 22 heavy (non-hydrogen) atoms. The number of rotatable bonds is 3. The first kappa shape index (κ1) is 14.7. The first-order valence-corrected chi connectivity index (χ1v) is 7.64. The summed E-state index contributed by atoms with van der Waals surface area (Å²) in [6.45, 7) is 4.54. The molecule has 0 unspecified atom stereocenters. The Bertz CT molecular complexity index is 824. The summed E-state index contributed by atoms with van der Waals surface area (Å²) >= 11 is 6.03. The molecule has 2 aromatic carbocycles. The second-order valence-electron chi connectivity index (χ2n) is 5.20. The Morgan fingerprint density at radius 2 is 1.91 bits per heavy atom. The Kier molecular flexibility index (Phi) is 3.90. The first-order valence-electron chi connectivity index (χ1n) is 7.26. The Balaban J connectivity index is 2.06. The van der Waals surface area contributed by atoms with Crippen LogP contribution in [-0.4, -0.2) is 17.4 Å². The first-order chi connectivity index (χ1) is 10.6. The van der Waals surface area contributed by atoms with Crippen molar-refractivity contribution in [2.24, 2.45) is 0 Å². The zero-order valence-corrected chi connectivity index (χ0v) is 13.3. The van der Waals surface area contributed by atoms with Crippen molar-refractivity contribution in [1.29, 1.82) is 0 Å². The van der Waals surface area contributed by atoms with Gasteiger partial charge >= 0.3 is 0 Å². The molecule has 4 heteroatoms. The fourth-order valence-corrected chi connectivity index (χ4v) is 2.88. The number of fused-ring (bicyclic) bond motifs is 1. The van der Waals surface area contributed by atoms with E-state index in [1.165, 1.54) is 0 Å². The number of benzene rings is 2. The number of hydrogen-bond acceptors (Lipinski definition) is 1. The molecule has 0 atom stereocenters. The molecule has 3 nitrogen and oxygen atoms in total. The number of aryl methyl sites for hydroxylation is 1. The minimum atomic E-state index is -0.0291. The minimum absolute atomic E-state index is 0.0291. The van der Waals surface area contributed by atoms with Gasteiger partial charge in [-0.2, -0.15) is 0 Å². The van der Waals surface area contributed by atoms with Crippen LogP contribution in [-0.2, 0) is 0 Å². The monoisotopic (exact) mass is 312 g/mol. The van der Waals surface area contributed by atoms with Crippen molar-refractivity contribution in [1.82, 2.24) is 4.98 Å². The predicted octanol–water partition coefficient (Wildman–Crippen LogP) is 4.80. The summed E-state index contributed by atoms with van der Waals surface area (Å²) in [6, 6.07) is 15.3. The van der Waals surface area contributed by atoms with Crippen molar-refractivity contribution in [3.63, 3.8) is 0 Å². The van der Waals surface area contributed by atoms with Gasteiger partial charge in [-0.15, -0.1) is 0 Å². The third-order valence-corrected chi connectivity index (χ3v) is 4.10. The molecule has 3 rings (SSSR count). The van der Waals surface area contributed by atoms with E-state index >= 15 is 0 Å². The molecule has 1 heterocycles. The smallest absolute Gasteiger partial charge is 0.274 e. The van der Waals surface area contributed by atoms with Gasteiger partial charge in [-0.1, -0.05) is 35.9 Å². The maximum absolute atomic E-state index is 12.9. The van der Waals surface area contributed by atoms with Crippen molar-refractivity contribution in [3.8, 4) is 0 Å². The van der Waals surface area contributed by atoms with Gasteiger partial charge < -0.3 is 9.88 Å². The molecule has 0 aliphatic carbocycles. The summed E-state index contributed by atoms with van der Waals surface area (Å²) in [7, 11) is 0. The standard InChI is InChI=1S/C18H17ClN2O/c1-3-21(14-7-5-4-6-8-14)18(22)17-12(2)15-10-9-13(19)11-16(15)20-17/h4-11,20H,3H2,1-2H3. The summed E-state index contributed by atoms with van der Waals surface area (Å²) in [6.07, 6.45) is 0. The molecule has 0 radical (unpaired) electrons. The Labute approximate surface area is 134 Å². The van der Waals surface area contributed by atoms with E-state index in [9.17, 15) is 4.79 Å². The Hall–Kier alpha value is -2.26. The fraction of sp³-hybridized carbons (Fsp3) is 0.167. The Morgan fingerprint density at radius 3 is 2.59 bits per heavy atom. The third-order valence-electron chi connectivity index (χ3n) is 3.86. The molecule has 1 N–H and O–H groups in total. The molecular formula is C18H17ClN2O. The lowest BCUT2D eigenvalue weighted by Gasteiger charge is -2.20. The number of para-hydroxylation sites is 1. The van der Waals surface area contributed by atoms with Gasteiger partial charge in [0.05, 0.1) is 0 Å². The van der Waals surface area contributed by atoms with E-state index in [1.807, 2.05) is 62.4 Å². The van der Waals surface area contributed by atoms with E-state index in [2.05, 4.69) is 4.98 Å². The van der Waals surface area contributed by atoms with Crippen LogP contribution < -0.4 is 4.90 Å². The summed E-state index contributed by atoms with van der Waals surface area (Å²) in [5, 5.41) is 1.68. The van der Waals surface area contributed by atoms with Gasteiger partial charge in [-0.25, -0.2) is 0 Å². The van der Waals surface area contributed by atoms with Gasteiger partial charge in [0.25, 0.3) is 5.91 Å². The molecule has 0 fully saturated rings. The van der Waals surface area contributed by atoms with E-state index in [0.29, 0.717) is 17.3 Å². The van der Waals surface area contributed by atoms with Crippen LogP contribution in [0, 0.1) is 6.92 Å². The van der Waals surface area contributed by atoms with Crippen molar-refractivity contribution < 1.29 is 4.79 Å². The van der Waals surface area contributed by atoms with Gasteiger partial charge in [0.15, 0.2) is 0 Å². The number of amides is 1. The van der Waals surface area contributed by atoms with Gasteiger partial charge in [-0.3, -0.25) is 4.79 Å². The maximum Gasteiger partial charge on any atom is 0.274 e. The highest BCUT2D eigenvalue weighted by Crippen LogP contribution is 2.26. The van der Waals surface area contributed by atoms with Gasteiger partial charge in [0.2, 0.25) is 0 Å². The van der Waals surface area contributed by atoms with Crippen molar-refractivity contribution in [3.05, 3.63) is 64.8 Å². The summed E-state index contributed by atoms with van der Waals surface area (Å²) in [4.78, 5) is 17.9. The lowest BCUT2D eigenvalue weighted by Crippen LogP contribution is -2.31. The van der Waals surface area contributed by atoms with Crippen LogP contribution in [0.1, 0.15) is 23.0 Å². The largest absolute Gasteiger partial charge is 0.350 e. The maximum atomic E-state index is 12.9. The summed E-state index contributed by atoms with van der Waals surface area (Å²) < 4.78 is 0. The van der Waals surface area contributed by atoms with Gasteiger partial charge in [0, 0.05) is 28.2 Å². The van der Waals surface area contributed by atoms with Crippen LogP contribution in [0.25, 0.3) is 10.9 Å². The normalized spacial score (nSPS) is 10.9. The van der Waals surface area contributed by atoms with Crippen molar-refractivity contribution in [2.45, 2.75) is 13.8 Å². The predicted molar refractivity (Wildman–Crippen MR) is 91.8 cm³/mol. The molecule has 0 saturated heterocycles. The highest BCUT2D eigenvalue weighted by Gasteiger charge is 2.21. The van der Waals surface area contributed by atoms with E-state index in [-0.39, 0.29) is 5.91 Å². The summed E-state index contributed by atoms with van der Waals surface area (Å²) in [5.41, 5.74) is 3.34. The quantitative estimate of drug-likeness (QED) is 0.741. The molecule has 3 aromatic rings. The van der Waals surface area contributed by atoms with Crippen LogP contribution in [0.3, 0.4) is 0 Å². The van der Waals surface area contributed by atoms with Gasteiger partial charge in [0.1, 0.15) is 5.69 Å². The van der Waals surface area contributed by atoms with E-state index in [4.69, 9.17) is 11.6 Å². The highest BCUT2D eigenvalue weighted by molar-refractivity contribution is 6.31. The lowest BCUT2D eigenvalue weighted by atomic mass is 10.1. The van der Waals surface area contributed by atoms with E-state index in [0.717, 1.165) is 22.2 Å². The number of nitrogens with one attached hydrogen (secondary N) is 1. The van der Waals surface area contributed by atoms with Crippen molar-refractivity contribution in [2.75, 3.05) is 11.4 Å². The fourth-order valence-electron chi connectivity index (χ4n) is 2.71. The molecule has 0 bridgehead atoms. The SMILES string of the molecule is CCN(C(=O)c1[nH]c2cc(Cl)ccc2c1C)c1ccccc1. The van der Waals surface area contributed by atoms with Crippen LogP contribution in [0.15, 0.2) is 48.5 Å². The zero-order valence-electron chi connectivity index (χ0n) is 12.6. The molecule has 0 aliphatic rings. The molecule has 1 amide bonds. The number of hydrogen-bond donors (Lipinski definition) is 1. The molecule has 0 spiro atoms. The molecular weight excluding hydrogens is 296 g/mol. The molecule has 1 aromatic heterocycles. The number of nitrogens with zero attached hydrogens (tertiary/aromatic N) is 1. The number of halogens is 1. The van der Waals surface area contributed by atoms with Crippen LogP contribution in [0.2, 0.25) is 5.02 Å². The number of carbonyl (C=O) groups excluding carboxylic acids is 1. The number of anilines is 1. The Morgan fingerprint density at radius 1 is 1.18 bits per heavy atom. The number of aromatic amines is 1. The number of H-pyrrole nitrogens is 1. The summed E-state index contributed by atoms with van der Waals surface area (Å²) in [5.74, 6) is -0.0291. The molecule has 112 valence electrons. The topological polar surface area (TPSA) is 36.1 Å². The second kappa shape index (κ2) is 5.85. The average Bonchev–Trinajstić information content (AvgIpc) is 2.85. The number of aromatic nitrogens is 1. The number of carbonyl (C=O) groups is 1. The minimum Gasteiger partial charge on any atom is -0.350 e. The van der Waals surface area contributed by atoms with Crippen molar-refractivity contribution >= 4 is 34.1 Å². The van der Waals surface area contributed by atoms with Crippen LogP contribution in [0.4, 0.5) is 5.69 Å². The van der Waals surface area contributed by atoms with Crippen LogP contribution in [0.5, 0.6) is 0 Å². The van der Waals surface area contributed by atoms with E-state index in [1.54, 1.807) is 4.90 Å². The van der Waals surface area contributed by atoms with Gasteiger partial charge in [-0.05, 0) is 43.7 Å². The second-order valence-corrected chi connectivity index (χ2v) is 5.64. The highest BCUT2D eigenvalue weighted by atomic mass is 35.5. The zero-order chi connectivity index (χ0) is 15.7. The van der Waals surface area contributed by atoms with E-state index < -0.39 is 0 Å². The third kappa shape index (κ3) is 2.48. The lowest BCUT2D eigenvalue weighted by molar-refractivity contribution is 0.0984. The molecule has 0 saturated carbocycles. The average molecular weight is 313 g/mol. The molecule has 0 aliphatic heterocycles. The van der Waals surface area contributed by atoms with Crippen LogP contribution >= 0.6 is 11.6 Å².